The van der Waals surface area contributed by atoms with Crippen LogP contribution in [0, 0.1) is 16.7 Å². The van der Waals surface area contributed by atoms with E-state index in [9.17, 15) is 9.59 Å². The van der Waals surface area contributed by atoms with Gasteiger partial charge in [-0.1, -0.05) is 38.3 Å². The Bertz CT molecular complexity index is 580. The largest absolute Gasteiger partial charge is 0.478 e. The third kappa shape index (κ3) is 3.44. The van der Waals surface area contributed by atoms with E-state index in [1.807, 2.05) is 13.8 Å². The number of Topliss-reactive ketones (excluding diaryl/α,β-unsaturated/α-hetero) is 1. The van der Waals surface area contributed by atoms with Gasteiger partial charge in [-0.3, -0.25) is 4.79 Å². The van der Waals surface area contributed by atoms with Crippen molar-refractivity contribution in [3.8, 4) is 0 Å². The molecule has 2 aliphatic rings. The fourth-order valence-electron chi connectivity index (χ4n) is 5.00. The fourth-order valence-corrected chi connectivity index (χ4v) is 5.00. The van der Waals surface area contributed by atoms with Crippen LogP contribution in [0.4, 0.5) is 0 Å². The summed E-state index contributed by atoms with van der Waals surface area (Å²) in [5.74, 6) is -0.202. The van der Waals surface area contributed by atoms with E-state index in [4.69, 9.17) is 5.11 Å². The molecule has 2 aliphatic carbocycles. The van der Waals surface area contributed by atoms with Gasteiger partial charge in [0.2, 0.25) is 0 Å². The predicted octanol–water partition coefficient (Wildman–Crippen LogP) is 4.92. The third-order valence-corrected chi connectivity index (χ3v) is 6.32. The molecule has 0 heterocycles. The highest BCUT2D eigenvalue weighted by atomic mass is 16.4. The highest BCUT2D eigenvalue weighted by Gasteiger charge is 2.51. The molecule has 128 valence electrons. The fraction of sp³-hybridized carbons (Fsp3) is 0.700. The van der Waals surface area contributed by atoms with Crippen molar-refractivity contribution in [3.63, 3.8) is 0 Å². The smallest absolute Gasteiger partial charge is 0.328 e. The average molecular weight is 318 g/mol. The highest BCUT2D eigenvalue weighted by molar-refractivity contribution is 5.97. The number of carbonyl (C=O) groups is 2. The first-order valence-corrected chi connectivity index (χ1v) is 8.71. The van der Waals surface area contributed by atoms with Gasteiger partial charge in [0, 0.05) is 12.5 Å². The predicted molar refractivity (Wildman–Crippen MR) is 92.2 cm³/mol. The maximum Gasteiger partial charge on any atom is 0.328 e. The molecule has 0 aromatic rings. The summed E-state index contributed by atoms with van der Waals surface area (Å²) in [6, 6.07) is 0. The Kier molecular flexibility index (Phi) is 4.89. The van der Waals surface area contributed by atoms with Gasteiger partial charge in [-0.25, -0.2) is 4.79 Å². The van der Waals surface area contributed by atoms with Crippen LogP contribution >= 0.6 is 0 Å². The lowest BCUT2D eigenvalue weighted by Crippen LogP contribution is -2.47. The molecule has 0 aromatic heterocycles. The molecule has 0 unspecified atom stereocenters. The number of rotatable bonds is 4. The van der Waals surface area contributed by atoms with Crippen LogP contribution in [0.5, 0.6) is 0 Å². The Labute approximate surface area is 139 Å². The molecule has 0 bridgehead atoms. The first kappa shape index (κ1) is 18.0. The number of fused-ring (bicyclic) bond motifs is 1. The molecule has 1 fully saturated rings. The zero-order valence-electron chi connectivity index (χ0n) is 15.2. The molecule has 2 atom stereocenters. The summed E-state index contributed by atoms with van der Waals surface area (Å²) >= 11 is 0. The molecule has 0 spiro atoms. The minimum absolute atomic E-state index is 0.0866. The lowest BCUT2D eigenvalue weighted by atomic mass is 9.49. The van der Waals surface area contributed by atoms with E-state index in [1.165, 1.54) is 24.5 Å². The number of carbonyl (C=O) groups excluding carboxylic acids is 1. The minimum Gasteiger partial charge on any atom is -0.478 e. The quantitative estimate of drug-likeness (QED) is 0.749. The van der Waals surface area contributed by atoms with Gasteiger partial charge in [0.25, 0.3) is 0 Å². The van der Waals surface area contributed by atoms with Gasteiger partial charge in [0.15, 0.2) is 5.78 Å². The second-order valence-corrected chi connectivity index (χ2v) is 8.37. The summed E-state index contributed by atoms with van der Waals surface area (Å²) in [7, 11) is 0. The van der Waals surface area contributed by atoms with Gasteiger partial charge in [-0.15, -0.1) is 0 Å². The van der Waals surface area contributed by atoms with Crippen LogP contribution < -0.4 is 0 Å². The topological polar surface area (TPSA) is 54.4 Å². The second-order valence-electron chi connectivity index (χ2n) is 8.37. The van der Waals surface area contributed by atoms with E-state index in [1.54, 1.807) is 0 Å². The lowest BCUT2D eigenvalue weighted by molar-refractivity contribution is -0.131. The van der Waals surface area contributed by atoms with Crippen LogP contribution in [-0.4, -0.2) is 16.9 Å². The maximum atomic E-state index is 12.5. The molecule has 0 amide bonds. The molecule has 0 aliphatic heterocycles. The van der Waals surface area contributed by atoms with E-state index in [-0.39, 0.29) is 16.6 Å². The molecule has 1 saturated carbocycles. The van der Waals surface area contributed by atoms with E-state index in [0.29, 0.717) is 12.3 Å². The molecular weight excluding hydrogens is 288 g/mol. The van der Waals surface area contributed by atoms with Crippen molar-refractivity contribution >= 4 is 11.8 Å². The number of carboxylic acid groups (broad SMARTS) is 1. The maximum absolute atomic E-state index is 12.5. The molecule has 1 N–H and O–H groups in total. The van der Waals surface area contributed by atoms with Crippen LogP contribution in [0.3, 0.4) is 0 Å². The molecule has 0 aromatic carbocycles. The van der Waals surface area contributed by atoms with Gasteiger partial charge in [0.05, 0.1) is 0 Å². The van der Waals surface area contributed by atoms with Gasteiger partial charge >= 0.3 is 5.97 Å². The zero-order chi connectivity index (χ0) is 17.4. The number of hydrogen-bond acceptors (Lipinski definition) is 2. The first-order chi connectivity index (χ1) is 10.6. The Morgan fingerprint density at radius 1 is 1.30 bits per heavy atom. The lowest BCUT2D eigenvalue weighted by Gasteiger charge is -2.54. The number of hydrogen-bond donors (Lipinski definition) is 1. The zero-order valence-corrected chi connectivity index (χ0v) is 15.2. The summed E-state index contributed by atoms with van der Waals surface area (Å²) in [6.07, 6.45) is 7.00. The molecular formula is C20H30O3. The highest BCUT2D eigenvalue weighted by Crippen LogP contribution is 2.59. The van der Waals surface area contributed by atoms with Crippen LogP contribution in [-0.2, 0) is 9.59 Å². The van der Waals surface area contributed by atoms with Crippen LogP contribution in [0.15, 0.2) is 22.8 Å². The molecule has 2 rings (SSSR count). The number of carboxylic acids is 1. The van der Waals surface area contributed by atoms with E-state index >= 15 is 0 Å². The third-order valence-electron chi connectivity index (χ3n) is 6.32. The molecule has 3 nitrogen and oxygen atoms in total. The Hall–Kier alpha value is -1.38. The summed E-state index contributed by atoms with van der Waals surface area (Å²) < 4.78 is 0. The van der Waals surface area contributed by atoms with Crippen LogP contribution in [0.1, 0.15) is 73.1 Å². The van der Waals surface area contributed by atoms with Crippen molar-refractivity contribution in [2.75, 3.05) is 0 Å². The van der Waals surface area contributed by atoms with Crippen LogP contribution in [0.2, 0.25) is 0 Å². The summed E-state index contributed by atoms with van der Waals surface area (Å²) in [5, 5.41) is 8.88. The Morgan fingerprint density at radius 3 is 2.57 bits per heavy atom. The van der Waals surface area contributed by atoms with Crippen molar-refractivity contribution in [3.05, 3.63) is 22.8 Å². The first-order valence-electron chi connectivity index (χ1n) is 8.71. The molecule has 0 saturated heterocycles. The molecule has 23 heavy (non-hydrogen) atoms. The SMILES string of the molecule is CC1=C(CC/C(C)=C\C(=O)O)[C@@]2(C)CCCC(C)(C)[C@@H]2CC1=O. The average Bonchev–Trinajstić information content (AvgIpc) is 2.40. The van der Waals surface area contributed by atoms with Gasteiger partial charge in [0.1, 0.15) is 0 Å². The van der Waals surface area contributed by atoms with Crippen molar-refractivity contribution in [1.82, 2.24) is 0 Å². The Balaban J connectivity index is 2.33. The van der Waals surface area contributed by atoms with Crippen molar-refractivity contribution < 1.29 is 14.7 Å². The number of ketones is 1. The minimum atomic E-state index is -0.893. The van der Waals surface area contributed by atoms with Gasteiger partial charge in [-0.2, -0.15) is 0 Å². The monoisotopic (exact) mass is 318 g/mol. The van der Waals surface area contributed by atoms with E-state index in [0.717, 1.165) is 30.4 Å². The summed E-state index contributed by atoms with van der Waals surface area (Å²) in [6.45, 7) is 10.8. The molecule has 3 heteroatoms. The number of aliphatic carboxylic acids is 1. The number of allylic oxidation sites excluding steroid dienone is 3. The van der Waals surface area contributed by atoms with Gasteiger partial charge in [-0.05, 0) is 61.9 Å². The second kappa shape index (κ2) is 6.26. The normalized spacial score (nSPS) is 31.1. The molecule has 0 radical (unpaired) electrons. The summed E-state index contributed by atoms with van der Waals surface area (Å²) in [5.41, 5.74) is 3.37. The van der Waals surface area contributed by atoms with Crippen molar-refractivity contribution in [1.29, 1.82) is 0 Å². The van der Waals surface area contributed by atoms with E-state index in [2.05, 4.69) is 20.8 Å². The van der Waals surface area contributed by atoms with Gasteiger partial charge < -0.3 is 5.11 Å². The summed E-state index contributed by atoms with van der Waals surface area (Å²) in [4.78, 5) is 23.4. The van der Waals surface area contributed by atoms with Crippen LogP contribution in [0.25, 0.3) is 0 Å². The standard InChI is InChI=1S/C20H30O3/c1-13(11-18(22)23)7-8-15-14(2)16(21)12-17-19(3,4)9-6-10-20(15,17)5/h11,17H,6-10,12H2,1-5H3,(H,22,23)/b13-11-/t17-,20+/m0/s1. The van der Waals surface area contributed by atoms with Crippen molar-refractivity contribution in [2.24, 2.45) is 16.7 Å². The Morgan fingerprint density at radius 2 is 1.96 bits per heavy atom. The van der Waals surface area contributed by atoms with Crippen molar-refractivity contribution in [2.45, 2.75) is 73.1 Å². The van der Waals surface area contributed by atoms with E-state index < -0.39 is 5.97 Å².